The molecule has 0 atom stereocenters. The first-order valence-corrected chi connectivity index (χ1v) is 16.5. The van der Waals surface area contributed by atoms with Gasteiger partial charge in [-0.25, -0.2) is 0 Å². The summed E-state index contributed by atoms with van der Waals surface area (Å²) in [6, 6.07) is 69.8. The van der Waals surface area contributed by atoms with Gasteiger partial charge in [-0.3, -0.25) is 0 Å². The summed E-state index contributed by atoms with van der Waals surface area (Å²) in [5, 5.41) is 4.93. The van der Waals surface area contributed by atoms with Gasteiger partial charge in [-0.05, 0) is 76.2 Å². The van der Waals surface area contributed by atoms with Crippen molar-refractivity contribution in [3.05, 3.63) is 194 Å². The van der Waals surface area contributed by atoms with Crippen molar-refractivity contribution in [2.24, 2.45) is 0 Å². The summed E-state index contributed by atoms with van der Waals surface area (Å²) < 4.78 is 2.42. The second-order valence-corrected chi connectivity index (χ2v) is 12.2. The number of nitrogens with zero attached hydrogens (tertiary/aromatic N) is 2. The minimum atomic E-state index is 1.10. The third kappa shape index (κ3) is 4.66. The molecule has 9 aromatic rings. The molecule has 0 amide bonds. The van der Waals surface area contributed by atoms with Crippen LogP contribution in [-0.2, 0) is 0 Å². The Hall–Kier alpha value is -6.38. The quantitative estimate of drug-likeness (QED) is 0.181. The van der Waals surface area contributed by atoms with Crippen LogP contribution in [0.5, 0.6) is 0 Å². The molecule has 0 aliphatic carbocycles. The van der Waals surface area contributed by atoms with Crippen molar-refractivity contribution in [1.29, 1.82) is 0 Å². The molecule has 1 aromatic heterocycles. The normalized spacial score (nSPS) is 11.3. The number of hydrogen-bond donors (Lipinski definition) is 0. The lowest BCUT2D eigenvalue weighted by atomic mass is 9.96. The van der Waals surface area contributed by atoms with Gasteiger partial charge in [0, 0.05) is 33.2 Å². The number of anilines is 3. The molecule has 0 spiro atoms. The third-order valence-electron chi connectivity index (χ3n) is 9.37. The molecule has 2 nitrogen and oxygen atoms in total. The number of para-hydroxylation sites is 2. The summed E-state index contributed by atoms with van der Waals surface area (Å²) >= 11 is 0. The lowest BCUT2D eigenvalue weighted by Crippen LogP contribution is -2.10. The largest absolute Gasteiger partial charge is 0.310 e. The maximum Gasteiger partial charge on any atom is 0.0562 e. The molecular formula is C46H32N2. The summed E-state index contributed by atoms with van der Waals surface area (Å²) in [7, 11) is 0. The van der Waals surface area contributed by atoms with Crippen molar-refractivity contribution in [1.82, 2.24) is 4.57 Å². The first-order chi connectivity index (χ1) is 23.8. The first kappa shape index (κ1) is 27.9. The van der Waals surface area contributed by atoms with Crippen molar-refractivity contribution in [2.45, 2.75) is 0 Å². The van der Waals surface area contributed by atoms with Gasteiger partial charge in [0.05, 0.1) is 16.7 Å². The van der Waals surface area contributed by atoms with Crippen LogP contribution in [0.2, 0.25) is 0 Å². The molecule has 0 aliphatic heterocycles. The van der Waals surface area contributed by atoms with E-state index in [1.807, 2.05) is 0 Å². The molecule has 48 heavy (non-hydrogen) atoms. The van der Waals surface area contributed by atoms with Crippen LogP contribution in [0.1, 0.15) is 0 Å². The highest BCUT2D eigenvalue weighted by molar-refractivity contribution is 6.17. The van der Waals surface area contributed by atoms with Crippen LogP contribution in [0.4, 0.5) is 17.1 Å². The highest BCUT2D eigenvalue weighted by atomic mass is 15.1. The summed E-state index contributed by atoms with van der Waals surface area (Å²) in [4.78, 5) is 2.40. The highest BCUT2D eigenvalue weighted by Gasteiger charge is 2.21. The molecule has 2 heteroatoms. The fourth-order valence-electron chi connectivity index (χ4n) is 7.26. The van der Waals surface area contributed by atoms with Crippen molar-refractivity contribution in [2.75, 3.05) is 4.90 Å². The van der Waals surface area contributed by atoms with E-state index < -0.39 is 0 Å². The van der Waals surface area contributed by atoms with E-state index in [1.54, 1.807) is 0 Å². The standard InChI is InChI=1S/C46H32N2/c1-5-16-33(17-6-1)38-30-31-43(41-25-14-13-24-40(38)41)47(35-20-9-3-10-21-35)37-28-29-42-45(32-37)48(36-22-11-4-12-23-36)44-27-15-26-39(46(42)44)34-18-7-2-8-19-34/h1-32H. The van der Waals surface area contributed by atoms with Gasteiger partial charge in [-0.15, -0.1) is 0 Å². The molecule has 0 fully saturated rings. The third-order valence-corrected chi connectivity index (χ3v) is 9.37. The van der Waals surface area contributed by atoms with Crippen LogP contribution in [0, 0.1) is 0 Å². The Morgan fingerprint density at radius 2 is 0.958 bits per heavy atom. The molecule has 0 bridgehead atoms. The smallest absolute Gasteiger partial charge is 0.0562 e. The molecule has 0 aliphatic rings. The molecule has 8 aromatic carbocycles. The van der Waals surface area contributed by atoms with Gasteiger partial charge in [0.15, 0.2) is 0 Å². The first-order valence-electron chi connectivity index (χ1n) is 16.5. The van der Waals surface area contributed by atoms with E-state index in [-0.39, 0.29) is 0 Å². The van der Waals surface area contributed by atoms with Gasteiger partial charge in [-0.1, -0.05) is 146 Å². The fourth-order valence-corrected chi connectivity index (χ4v) is 7.26. The SMILES string of the molecule is c1ccc(-c2ccc(N(c3ccccc3)c3ccc4c5c(-c6ccccc6)cccc5n(-c5ccccc5)c4c3)c3ccccc23)cc1. The Labute approximate surface area is 280 Å². The number of fused-ring (bicyclic) bond motifs is 4. The van der Waals surface area contributed by atoms with E-state index in [1.165, 1.54) is 54.8 Å². The van der Waals surface area contributed by atoms with Gasteiger partial charge >= 0.3 is 0 Å². The fraction of sp³-hybridized carbons (Fsp3) is 0. The van der Waals surface area contributed by atoms with Crippen LogP contribution in [-0.4, -0.2) is 4.57 Å². The highest BCUT2D eigenvalue weighted by Crippen LogP contribution is 2.45. The molecule has 0 unspecified atom stereocenters. The van der Waals surface area contributed by atoms with E-state index in [2.05, 4.69) is 204 Å². The Kier molecular flexibility index (Phi) is 6.84. The zero-order valence-corrected chi connectivity index (χ0v) is 26.4. The summed E-state index contributed by atoms with van der Waals surface area (Å²) in [5.74, 6) is 0. The maximum atomic E-state index is 2.42. The number of benzene rings is 8. The zero-order chi connectivity index (χ0) is 31.9. The van der Waals surface area contributed by atoms with Gasteiger partial charge < -0.3 is 9.47 Å². The van der Waals surface area contributed by atoms with Crippen molar-refractivity contribution < 1.29 is 0 Å². The summed E-state index contributed by atoms with van der Waals surface area (Å²) in [6.45, 7) is 0. The van der Waals surface area contributed by atoms with Crippen LogP contribution >= 0.6 is 0 Å². The Balaban J connectivity index is 1.33. The number of hydrogen-bond acceptors (Lipinski definition) is 1. The molecular weight excluding hydrogens is 581 g/mol. The van der Waals surface area contributed by atoms with E-state index in [0.717, 1.165) is 22.7 Å². The van der Waals surface area contributed by atoms with E-state index >= 15 is 0 Å². The molecule has 9 rings (SSSR count). The van der Waals surface area contributed by atoms with Gasteiger partial charge in [0.1, 0.15) is 0 Å². The topological polar surface area (TPSA) is 8.17 Å². The van der Waals surface area contributed by atoms with Crippen molar-refractivity contribution >= 4 is 49.6 Å². The lowest BCUT2D eigenvalue weighted by molar-refractivity contribution is 1.18. The zero-order valence-electron chi connectivity index (χ0n) is 26.4. The van der Waals surface area contributed by atoms with Gasteiger partial charge in [-0.2, -0.15) is 0 Å². The molecule has 0 N–H and O–H groups in total. The van der Waals surface area contributed by atoms with Gasteiger partial charge in [0.2, 0.25) is 0 Å². The number of aromatic nitrogens is 1. The average molecular weight is 613 g/mol. The number of rotatable bonds is 6. The minimum Gasteiger partial charge on any atom is -0.310 e. The van der Waals surface area contributed by atoms with E-state index in [0.29, 0.717) is 0 Å². The van der Waals surface area contributed by atoms with Crippen LogP contribution in [0.25, 0.3) is 60.5 Å². The van der Waals surface area contributed by atoms with Crippen molar-refractivity contribution in [3.63, 3.8) is 0 Å². The predicted octanol–water partition coefficient (Wildman–Crippen LogP) is 12.7. The Morgan fingerprint density at radius 1 is 0.354 bits per heavy atom. The van der Waals surface area contributed by atoms with Crippen LogP contribution < -0.4 is 4.90 Å². The molecule has 0 saturated carbocycles. The van der Waals surface area contributed by atoms with E-state index in [4.69, 9.17) is 0 Å². The molecule has 0 radical (unpaired) electrons. The van der Waals surface area contributed by atoms with Crippen LogP contribution in [0.15, 0.2) is 194 Å². The molecule has 0 saturated heterocycles. The molecule has 1 heterocycles. The average Bonchev–Trinajstić information content (AvgIpc) is 3.50. The van der Waals surface area contributed by atoms with Crippen molar-refractivity contribution in [3.8, 4) is 27.9 Å². The molecule has 226 valence electrons. The summed E-state index contributed by atoms with van der Waals surface area (Å²) in [5.41, 5.74) is 11.8. The Morgan fingerprint density at radius 3 is 1.67 bits per heavy atom. The maximum absolute atomic E-state index is 2.42. The van der Waals surface area contributed by atoms with E-state index in [9.17, 15) is 0 Å². The predicted molar refractivity (Wildman–Crippen MR) is 204 cm³/mol. The lowest BCUT2D eigenvalue weighted by Gasteiger charge is -2.27. The second-order valence-electron chi connectivity index (χ2n) is 12.2. The second kappa shape index (κ2) is 11.8. The van der Waals surface area contributed by atoms with Gasteiger partial charge in [0.25, 0.3) is 0 Å². The Bertz CT molecular complexity index is 2530. The monoisotopic (exact) mass is 612 g/mol. The summed E-state index contributed by atoms with van der Waals surface area (Å²) in [6.07, 6.45) is 0. The van der Waals surface area contributed by atoms with Crippen LogP contribution in [0.3, 0.4) is 0 Å². The minimum absolute atomic E-state index is 1.10.